The molecular weight excluding hydrogens is 562 g/mol. The number of nitrogens with one attached hydrogen (secondary N) is 3. The highest BCUT2D eigenvalue weighted by atomic mass is 32.2. The molecule has 0 spiro atoms. The molecule has 43 heavy (non-hydrogen) atoms. The van der Waals surface area contributed by atoms with E-state index in [1.54, 1.807) is 32.4 Å². The largest absolute Gasteiger partial charge is 0.493 e. The van der Waals surface area contributed by atoms with Crippen LogP contribution < -0.4 is 30.3 Å². The molecule has 1 atom stereocenters. The van der Waals surface area contributed by atoms with Gasteiger partial charge in [0.15, 0.2) is 16.9 Å². The summed E-state index contributed by atoms with van der Waals surface area (Å²) in [5.74, 6) is 2.13. The summed E-state index contributed by atoms with van der Waals surface area (Å²) in [5.41, 5.74) is 3.32. The Morgan fingerprint density at radius 1 is 0.930 bits per heavy atom. The fourth-order valence-electron chi connectivity index (χ4n) is 4.97. The fraction of sp³-hybridized carbons (Fsp3) is 0.235. The van der Waals surface area contributed by atoms with Crippen LogP contribution in [0.5, 0.6) is 17.2 Å². The normalized spacial score (nSPS) is 11.8. The Morgan fingerprint density at radius 2 is 1.70 bits per heavy atom. The second-order valence-electron chi connectivity index (χ2n) is 10.1. The summed E-state index contributed by atoms with van der Waals surface area (Å²) < 4.78 is 16.6. The van der Waals surface area contributed by atoms with Crippen LogP contribution >= 0.6 is 11.8 Å². The standard InChI is InChI=1S/C34H35N3O5S/c1-21(22-9-14-30(40-2)31(17-22)41-3)20-35-15-16-42-24-12-10-23(11-13-24)36-34(39)28-19-25(43-4)18-27-32(28)37-29-8-6-5-7-26(29)33(27)38/h5-14,17-19,21,35H,15-16,20H2,1-4H3,(H,36,39)(H,37,38). The minimum Gasteiger partial charge on any atom is -0.493 e. The summed E-state index contributed by atoms with van der Waals surface area (Å²) >= 11 is 1.49. The summed E-state index contributed by atoms with van der Waals surface area (Å²) in [7, 11) is 3.27. The molecule has 0 aliphatic carbocycles. The Balaban J connectivity index is 1.18. The van der Waals surface area contributed by atoms with E-state index in [0.29, 0.717) is 57.7 Å². The van der Waals surface area contributed by atoms with Crippen LogP contribution in [-0.2, 0) is 0 Å². The van der Waals surface area contributed by atoms with Crippen molar-refractivity contribution >= 4 is 45.2 Å². The zero-order valence-electron chi connectivity index (χ0n) is 24.7. The number of fused-ring (bicyclic) bond motifs is 2. The molecule has 0 radical (unpaired) electrons. The molecule has 5 aromatic rings. The summed E-state index contributed by atoms with van der Waals surface area (Å²) in [4.78, 5) is 30.8. The van der Waals surface area contributed by atoms with Gasteiger partial charge in [-0.25, -0.2) is 0 Å². The number of H-pyrrole nitrogens is 1. The van der Waals surface area contributed by atoms with Crippen LogP contribution in [0, 0.1) is 0 Å². The molecule has 1 amide bonds. The third kappa shape index (κ3) is 6.79. The van der Waals surface area contributed by atoms with Crippen LogP contribution in [0.2, 0.25) is 0 Å². The Kier molecular flexibility index (Phi) is 9.54. The van der Waals surface area contributed by atoms with Gasteiger partial charge in [-0.3, -0.25) is 9.59 Å². The zero-order valence-corrected chi connectivity index (χ0v) is 25.5. The van der Waals surface area contributed by atoms with Gasteiger partial charge in [-0.15, -0.1) is 11.8 Å². The van der Waals surface area contributed by atoms with Crippen molar-refractivity contribution in [1.82, 2.24) is 10.3 Å². The van der Waals surface area contributed by atoms with Gasteiger partial charge in [-0.2, -0.15) is 0 Å². The Hall–Kier alpha value is -4.47. The van der Waals surface area contributed by atoms with Gasteiger partial charge in [-0.1, -0.05) is 25.1 Å². The second kappa shape index (κ2) is 13.7. The van der Waals surface area contributed by atoms with Crippen molar-refractivity contribution in [2.45, 2.75) is 17.7 Å². The first kappa shape index (κ1) is 30.0. The highest BCUT2D eigenvalue weighted by Crippen LogP contribution is 2.30. The van der Waals surface area contributed by atoms with Gasteiger partial charge in [-0.05, 0) is 78.4 Å². The first-order chi connectivity index (χ1) is 20.9. The molecule has 0 fully saturated rings. The van der Waals surface area contributed by atoms with Gasteiger partial charge < -0.3 is 29.8 Å². The topological polar surface area (TPSA) is 102 Å². The fourth-order valence-corrected chi connectivity index (χ4v) is 5.44. The quantitative estimate of drug-likeness (QED) is 0.0864. The average molecular weight is 598 g/mol. The molecular formula is C34H35N3O5S. The molecule has 222 valence electrons. The average Bonchev–Trinajstić information content (AvgIpc) is 3.04. The lowest BCUT2D eigenvalue weighted by atomic mass is 10.0. The van der Waals surface area contributed by atoms with E-state index in [9.17, 15) is 9.59 Å². The number of benzene rings is 4. The number of anilines is 1. The number of pyridine rings is 1. The van der Waals surface area contributed by atoms with Crippen LogP contribution in [-0.4, -0.2) is 51.1 Å². The predicted octanol–water partition coefficient (Wildman–Crippen LogP) is 6.44. The number of thioether (sulfide) groups is 1. The lowest BCUT2D eigenvalue weighted by molar-refractivity contribution is 0.102. The van der Waals surface area contributed by atoms with Gasteiger partial charge >= 0.3 is 0 Å². The number of hydrogen-bond acceptors (Lipinski definition) is 7. The summed E-state index contributed by atoms with van der Waals surface area (Å²) in [6.07, 6.45) is 1.92. The van der Waals surface area contributed by atoms with Gasteiger partial charge in [0, 0.05) is 40.0 Å². The van der Waals surface area contributed by atoms with Gasteiger partial charge in [0.1, 0.15) is 12.4 Å². The molecule has 1 aromatic heterocycles. The van der Waals surface area contributed by atoms with E-state index in [1.165, 1.54) is 11.8 Å². The lowest BCUT2D eigenvalue weighted by Gasteiger charge is -2.16. The first-order valence-electron chi connectivity index (χ1n) is 14.0. The lowest BCUT2D eigenvalue weighted by Crippen LogP contribution is -2.25. The molecule has 0 saturated heterocycles. The molecule has 0 bridgehead atoms. The molecule has 0 aliphatic heterocycles. The molecule has 8 nitrogen and oxygen atoms in total. The van der Waals surface area contributed by atoms with Crippen LogP contribution in [0.4, 0.5) is 5.69 Å². The maximum absolute atomic E-state index is 13.4. The molecule has 9 heteroatoms. The minimum absolute atomic E-state index is 0.0966. The van der Waals surface area contributed by atoms with E-state index in [0.717, 1.165) is 22.8 Å². The number of carbonyl (C=O) groups excluding carboxylic acids is 1. The molecule has 0 aliphatic rings. The molecule has 1 heterocycles. The summed E-state index contributed by atoms with van der Waals surface area (Å²) in [6.45, 7) is 4.13. The van der Waals surface area contributed by atoms with E-state index >= 15 is 0 Å². The van der Waals surface area contributed by atoms with Crippen LogP contribution in [0.15, 0.2) is 88.6 Å². The van der Waals surface area contributed by atoms with E-state index in [2.05, 4.69) is 22.5 Å². The smallest absolute Gasteiger partial charge is 0.257 e. The third-order valence-corrected chi connectivity index (χ3v) is 8.06. The summed E-state index contributed by atoms with van der Waals surface area (Å²) in [6, 6.07) is 24.2. The molecule has 4 aromatic carbocycles. The van der Waals surface area contributed by atoms with Crippen LogP contribution in [0.3, 0.4) is 0 Å². The number of methoxy groups -OCH3 is 2. The first-order valence-corrected chi connectivity index (χ1v) is 15.2. The predicted molar refractivity (Wildman–Crippen MR) is 175 cm³/mol. The molecule has 0 saturated carbocycles. The maximum atomic E-state index is 13.4. The summed E-state index contributed by atoms with van der Waals surface area (Å²) in [5, 5.41) is 7.48. The number of aromatic amines is 1. The SMILES string of the molecule is COc1ccc(C(C)CNCCOc2ccc(NC(=O)c3cc(SC)cc4c(=O)c5ccccc5[nH]c34)cc2)cc1OC. The number of carbonyl (C=O) groups is 1. The number of hydrogen-bond donors (Lipinski definition) is 3. The van der Waals surface area contributed by atoms with Crippen molar-refractivity contribution in [2.24, 2.45) is 0 Å². The van der Waals surface area contributed by atoms with Gasteiger partial charge in [0.05, 0.1) is 25.3 Å². The Labute approximate surface area is 254 Å². The van der Waals surface area contributed by atoms with E-state index < -0.39 is 0 Å². The van der Waals surface area contributed by atoms with Crippen molar-refractivity contribution in [2.75, 3.05) is 45.5 Å². The minimum atomic E-state index is -0.298. The van der Waals surface area contributed by atoms with Crippen molar-refractivity contribution in [3.05, 3.63) is 100 Å². The highest BCUT2D eigenvalue weighted by molar-refractivity contribution is 7.98. The number of rotatable bonds is 12. The number of amides is 1. The van der Waals surface area contributed by atoms with Gasteiger partial charge in [0.25, 0.3) is 5.91 Å². The Morgan fingerprint density at radius 3 is 2.44 bits per heavy atom. The number of para-hydroxylation sites is 1. The van der Waals surface area contributed by atoms with E-state index in [4.69, 9.17) is 14.2 Å². The highest BCUT2D eigenvalue weighted by Gasteiger charge is 2.16. The molecule has 1 unspecified atom stereocenters. The maximum Gasteiger partial charge on any atom is 0.257 e. The van der Waals surface area contributed by atoms with Crippen molar-refractivity contribution in [3.8, 4) is 17.2 Å². The monoisotopic (exact) mass is 597 g/mol. The molecule has 3 N–H and O–H groups in total. The second-order valence-corrected chi connectivity index (χ2v) is 11.0. The van der Waals surface area contributed by atoms with Crippen LogP contribution in [0.25, 0.3) is 21.8 Å². The zero-order chi connectivity index (χ0) is 30.3. The number of aromatic nitrogens is 1. The Bertz CT molecular complexity index is 1800. The van der Waals surface area contributed by atoms with Crippen molar-refractivity contribution in [1.29, 1.82) is 0 Å². The number of ether oxygens (including phenoxy) is 3. The van der Waals surface area contributed by atoms with E-state index in [-0.39, 0.29) is 17.3 Å². The molecule has 5 rings (SSSR count). The van der Waals surface area contributed by atoms with Crippen LogP contribution in [0.1, 0.15) is 28.8 Å². The third-order valence-electron chi connectivity index (χ3n) is 7.36. The van der Waals surface area contributed by atoms with Gasteiger partial charge in [0.2, 0.25) is 0 Å². The van der Waals surface area contributed by atoms with Crippen molar-refractivity contribution in [3.63, 3.8) is 0 Å². The van der Waals surface area contributed by atoms with E-state index in [1.807, 2.05) is 66.9 Å². The van der Waals surface area contributed by atoms with Crippen molar-refractivity contribution < 1.29 is 19.0 Å².